The minimum atomic E-state index is 0.0397. The highest BCUT2D eigenvalue weighted by molar-refractivity contribution is 5.42. The fourth-order valence-corrected chi connectivity index (χ4v) is 1.81. The van der Waals surface area contributed by atoms with Gasteiger partial charge in [0.25, 0.3) is 0 Å². The highest BCUT2D eigenvalue weighted by atomic mass is 15.2. The Morgan fingerprint density at radius 3 is 2.67 bits per heavy atom. The average Bonchev–Trinajstić information content (AvgIpc) is 2.32. The van der Waals surface area contributed by atoms with Crippen LogP contribution in [-0.2, 0) is 6.54 Å². The molecular weight excluding hydrogens is 222 g/mol. The first kappa shape index (κ1) is 14.7. The lowest BCUT2D eigenvalue weighted by Crippen LogP contribution is -2.42. The van der Waals surface area contributed by atoms with Gasteiger partial charge in [-0.25, -0.2) is 4.98 Å². The molecule has 1 aromatic heterocycles. The smallest absolute Gasteiger partial charge is 0.129 e. The molecule has 1 aromatic rings. The number of nitrogens with zero attached hydrogens (tertiary/aromatic N) is 2. The van der Waals surface area contributed by atoms with Crippen molar-refractivity contribution in [3.63, 3.8) is 0 Å². The van der Waals surface area contributed by atoms with Gasteiger partial charge in [0.05, 0.1) is 5.69 Å². The second kappa shape index (κ2) is 6.55. The number of rotatable bonds is 6. The van der Waals surface area contributed by atoms with Crippen molar-refractivity contribution in [1.29, 1.82) is 0 Å². The molecule has 0 amide bonds. The van der Waals surface area contributed by atoms with Crippen LogP contribution in [0.1, 0.15) is 33.4 Å². The molecule has 1 N–H and O–H groups in total. The zero-order valence-corrected chi connectivity index (χ0v) is 12.0. The van der Waals surface area contributed by atoms with Crippen molar-refractivity contribution >= 4 is 5.82 Å². The highest BCUT2D eigenvalue weighted by Gasteiger charge is 2.21. The van der Waals surface area contributed by atoms with E-state index in [4.69, 9.17) is 4.98 Å². The topological polar surface area (TPSA) is 28.2 Å². The summed E-state index contributed by atoms with van der Waals surface area (Å²) in [4.78, 5) is 6.97. The van der Waals surface area contributed by atoms with E-state index in [1.165, 1.54) is 0 Å². The Morgan fingerprint density at radius 1 is 1.39 bits per heavy atom. The Kier molecular flexibility index (Phi) is 5.35. The lowest BCUT2D eigenvalue weighted by atomic mass is 10.1. The normalized spacial score (nSPS) is 11.3. The molecule has 0 unspecified atom stereocenters. The number of hydrogen-bond donors (Lipinski definition) is 1. The number of nitrogens with one attached hydrogen (secondary N) is 1. The molecule has 1 rings (SSSR count). The van der Waals surface area contributed by atoms with Gasteiger partial charge in [0, 0.05) is 18.6 Å². The second-order valence-corrected chi connectivity index (χ2v) is 5.34. The van der Waals surface area contributed by atoms with Gasteiger partial charge in [-0.3, -0.25) is 0 Å². The van der Waals surface area contributed by atoms with Crippen molar-refractivity contribution in [2.24, 2.45) is 0 Å². The summed E-state index contributed by atoms with van der Waals surface area (Å²) in [6.07, 6.45) is 1.92. The molecule has 3 nitrogen and oxygen atoms in total. The predicted octanol–water partition coefficient (Wildman–Crippen LogP) is 2.98. The van der Waals surface area contributed by atoms with E-state index in [0.29, 0.717) is 0 Å². The third-order valence-corrected chi connectivity index (χ3v) is 2.75. The van der Waals surface area contributed by atoms with Crippen molar-refractivity contribution < 1.29 is 0 Å². The number of pyridine rings is 1. The molecule has 0 radical (unpaired) electrons. The molecule has 0 spiro atoms. The number of anilines is 1. The first-order valence-electron chi connectivity index (χ1n) is 6.54. The Hall–Kier alpha value is -1.35. The predicted molar refractivity (Wildman–Crippen MR) is 78.9 cm³/mol. The molecule has 3 heteroatoms. The second-order valence-electron chi connectivity index (χ2n) is 5.34. The van der Waals surface area contributed by atoms with Crippen LogP contribution in [0.4, 0.5) is 5.82 Å². The van der Waals surface area contributed by atoms with Crippen LogP contribution in [0.15, 0.2) is 30.9 Å². The van der Waals surface area contributed by atoms with Crippen LogP contribution in [0.25, 0.3) is 0 Å². The SMILES string of the molecule is C=CCN(c1cccc(CNCC)n1)C(C)(C)C. The molecular formula is C15H25N3. The Bertz CT molecular complexity index is 380. The van der Waals surface area contributed by atoms with Gasteiger partial charge in [-0.05, 0) is 39.4 Å². The van der Waals surface area contributed by atoms with E-state index >= 15 is 0 Å². The standard InChI is InChI=1S/C15H25N3/c1-6-11-18(15(3,4)5)14-10-8-9-13(17-14)12-16-7-2/h6,8-10,16H,1,7,11-12H2,2-5H3. The summed E-state index contributed by atoms with van der Waals surface area (Å²) in [5.41, 5.74) is 1.12. The van der Waals surface area contributed by atoms with E-state index in [-0.39, 0.29) is 5.54 Å². The minimum Gasteiger partial charge on any atom is -0.348 e. The van der Waals surface area contributed by atoms with Crippen LogP contribution >= 0.6 is 0 Å². The maximum Gasteiger partial charge on any atom is 0.129 e. The zero-order valence-electron chi connectivity index (χ0n) is 12.0. The molecule has 0 aliphatic rings. The Labute approximate surface area is 111 Å². The fourth-order valence-electron chi connectivity index (χ4n) is 1.81. The van der Waals surface area contributed by atoms with Crippen LogP contribution in [0.2, 0.25) is 0 Å². The minimum absolute atomic E-state index is 0.0397. The van der Waals surface area contributed by atoms with Gasteiger partial charge in [0.2, 0.25) is 0 Å². The lowest BCUT2D eigenvalue weighted by molar-refractivity contribution is 0.516. The van der Waals surface area contributed by atoms with Crippen LogP contribution < -0.4 is 10.2 Å². The zero-order chi connectivity index (χ0) is 13.6. The quantitative estimate of drug-likeness (QED) is 0.783. The number of aromatic nitrogens is 1. The summed E-state index contributed by atoms with van der Waals surface area (Å²) in [5, 5.41) is 3.30. The molecule has 0 aliphatic heterocycles. The molecule has 100 valence electrons. The summed E-state index contributed by atoms with van der Waals surface area (Å²) in [6, 6.07) is 6.18. The molecule has 0 bridgehead atoms. The van der Waals surface area contributed by atoms with Gasteiger partial charge in [0.1, 0.15) is 5.82 Å². The summed E-state index contributed by atoms with van der Waals surface area (Å²) in [6.45, 7) is 15.1. The number of hydrogen-bond acceptors (Lipinski definition) is 3. The van der Waals surface area contributed by atoms with Crippen molar-refractivity contribution in [3.05, 3.63) is 36.5 Å². The molecule has 0 fully saturated rings. The molecule has 0 saturated heterocycles. The monoisotopic (exact) mass is 247 g/mol. The van der Waals surface area contributed by atoms with Crippen LogP contribution in [0, 0.1) is 0 Å². The van der Waals surface area contributed by atoms with Crippen molar-refractivity contribution in [2.45, 2.75) is 39.8 Å². The maximum atomic E-state index is 4.71. The first-order valence-corrected chi connectivity index (χ1v) is 6.54. The van der Waals surface area contributed by atoms with Crippen molar-refractivity contribution in [3.8, 4) is 0 Å². The third kappa shape index (κ3) is 4.15. The van der Waals surface area contributed by atoms with E-state index in [2.05, 4.69) is 62.7 Å². The van der Waals surface area contributed by atoms with Gasteiger partial charge < -0.3 is 10.2 Å². The average molecular weight is 247 g/mol. The first-order chi connectivity index (χ1) is 8.49. The van der Waals surface area contributed by atoms with E-state index in [0.717, 1.165) is 31.1 Å². The van der Waals surface area contributed by atoms with Crippen LogP contribution in [0.3, 0.4) is 0 Å². The van der Waals surface area contributed by atoms with Crippen LogP contribution in [-0.4, -0.2) is 23.6 Å². The van der Waals surface area contributed by atoms with Gasteiger partial charge >= 0.3 is 0 Å². The van der Waals surface area contributed by atoms with Crippen molar-refractivity contribution in [1.82, 2.24) is 10.3 Å². The molecule has 1 heterocycles. The Balaban J connectivity index is 2.94. The molecule has 0 saturated carbocycles. The van der Waals surface area contributed by atoms with E-state index in [1.54, 1.807) is 0 Å². The van der Waals surface area contributed by atoms with Gasteiger partial charge in [-0.1, -0.05) is 19.1 Å². The van der Waals surface area contributed by atoms with Crippen LogP contribution in [0.5, 0.6) is 0 Å². The lowest BCUT2D eigenvalue weighted by Gasteiger charge is -2.36. The third-order valence-electron chi connectivity index (χ3n) is 2.75. The molecule has 0 aromatic carbocycles. The van der Waals surface area contributed by atoms with E-state index < -0.39 is 0 Å². The fraction of sp³-hybridized carbons (Fsp3) is 0.533. The summed E-state index contributed by atoms with van der Waals surface area (Å²) in [5.74, 6) is 1.01. The largest absolute Gasteiger partial charge is 0.348 e. The van der Waals surface area contributed by atoms with Gasteiger partial charge in [-0.15, -0.1) is 6.58 Å². The highest BCUT2D eigenvalue weighted by Crippen LogP contribution is 2.21. The summed E-state index contributed by atoms with van der Waals surface area (Å²) >= 11 is 0. The summed E-state index contributed by atoms with van der Waals surface area (Å²) < 4.78 is 0. The van der Waals surface area contributed by atoms with Gasteiger partial charge in [0.15, 0.2) is 0 Å². The van der Waals surface area contributed by atoms with Crippen molar-refractivity contribution in [2.75, 3.05) is 18.0 Å². The molecule has 0 aliphatic carbocycles. The Morgan fingerprint density at radius 2 is 2.11 bits per heavy atom. The van der Waals surface area contributed by atoms with Gasteiger partial charge in [-0.2, -0.15) is 0 Å². The maximum absolute atomic E-state index is 4.71. The summed E-state index contributed by atoms with van der Waals surface area (Å²) in [7, 11) is 0. The molecule has 18 heavy (non-hydrogen) atoms. The van der Waals surface area contributed by atoms with E-state index in [1.807, 2.05) is 6.08 Å². The molecule has 0 atom stereocenters. The van der Waals surface area contributed by atoms with E-state index in [9.17, 15) is 0 Å².